The monoisotopic (exact) mass is 214 g/mol. The highest BCUT2D eigenvalue weighted by Crippen LogP contribution is 2.17. The molecule has 0 radical (unpaired) electrons. The van der Waals surface area contributed by atoms with E-state index in [1.54, 1.807) is 0 Å². The Morgan fingerprint density at radius 1 is 1.57 bits per heavy atom. The van der Waals surface area contributed by atoms with Gasteiger partial charge in [0.2, 0.25) is 5.91 Å². The smallest absolute Gasteiger partial charge is 0.395 e. The average molecular weight is 214 g/mol. The van der Waals surface area contributed by atoms with Gasteiger partial charge in [0.15, 0.2) is 0 Å². The summed E-state index contributed by atoms with van der Waals surface area (Å²) in [5.74, 6) is -0.845. The van der Waals surface area contributed by atoms with Crippen LogP contribution in [0.4, 0.5) is 13.2 Å². The van der Waals surface area contributed by atoms with E-state index in [1.807, 2.05) is 0 Å². The van der Waals surface area contributed by atoms with Crippen LogP contribution in [0.1, 0.15) is 6.92 Å². The van der Waals surface area contributed by atoms with Gasteiger partial charge in [-0.2, -0.15) is 13.2 Å². The number of hydrogen-bond donors (Lipinski definition) is 2. The second kappa shape index (κ2) is 5.16. The fourth-order valence-corrected chi connectivity index (χ4v) is 0.948. The number of carbonyl (C=O) groups excluding carboxylic acids is 1. The maximum Gasteiger partial charge on any atom is 0.401 e. The summed E-state index contributed by atoms with van der Waals surface area (Å²) in [7, 11) is 0. The number of nitrogens with zero attached hydrogens (tertiary/aromatic N) is 1. The van der Waals surface area contributed by atoms with Crippen molar-refractivity contribution in [3.05, 3.63) is 0 Å². The van der Waals surface area contributed by atoms with Crippen LogP contribution in [-0.2, 0) is 4.79 Å². The molecular formula is C7H13F3N2O2. The molecule has 84 valence electrons. The first-order valence-corrected chi connectivity index (χ1v) is 3.99. The topological polar surface area (TPSA) is 66.6 Å². The molecule has 0 aromatic heterocycles. The van der Waals surface area contributed by atoms with Gasteiger partial charge >= 0.3 is 6.18 Å². The van der Waals surface area contributed by atoms with Gasteiger partial charge in [-0.3, -0.25) is 9.69 Å². The molecule has 0 rings (SSSR count). The normalized spacial score (nSPS) is 14.4. The lowest BCUT2D eigenvalue weighted by Gasteiger charge is -2.26. The predicted octanol–water partition coefficient (Wildman–Crippen LogP) is -0.283. The molecule has 0 aliphatic rings. The molecule has 7 heteroatoms. The van der Waals surface area contributed by atoms with E-state index in [0.29, 0.717) is 0 Å². The van der Waals surface area contributed by atoms with Gasteiger partial charge in [0.05, 0.1) is 19.2 Å². The van der Waals surface area contributed by atoms with E-state index in [1.165, 1.54) is 6.92 Å². The molecule has 0 saturated carbocycles. The van der Waals surface area contributed by atoms with Gasteiger partial charge in [-0.15, -0.1) is 0 Å². The van der Waals surface area contributed by atoms with Crippen LogP contribution in [0.15, 0.2) is 0 Å². The summed E-state index contributed by atoms with van der Waals surface area (Å²) in [5, 5.41) is 8.50. The Labute approximate surface area is 79.5 Å². The summed E-state index contributed by atoms with van der Waals surface area (Å²) in [6.07, 6.45) is -4.40. The molecule has 0 aliphatic heterocycles. The number of aliphatic hydroxyl groups excluding tert-OH is 1. The highest BCUT2D eigenvalue weighted by Gasteiger charge is 2.33. The van der Waals surface area contributed by atoms with E-state index in [-0.39, 0.29) is 6.54 Å². The quantitative estimate of drug-likeness (QED) is 0.661. The van der Waals surface area contributed by atoms with Crippen LogP contribution in [0.3, 0.4) is 0 Å². The summed E-state index contributed by atoms with van der Waals surface area (Å²) in [6.45, 7) is -0.668. The van der Waals surface area contributed by atoms with E-state index in [4.69, 9.17) is 10.8 Å². The molecule has 0 spiro atoms. The van der Waals surface area contributed by atoms with Crippen molar-refractivity contribution in [1.82, 2.24) is 4.90 Å². The lowest BCUT2D eigenvalue weighted by atomic mass is 10.2. The first-order valence-electron chi connectivity index (χ1n) is 3.99. The predicted molar refractivity (Wildman–Crippen MR) is 43.4 cm³/mol. The number of rotatable bonds is 5. The van der Waals surface area contributed by atoms with Crippen LogP contribution >= 0.6 is 0 Å². The number of nitrogens with two attached hydrogens (primary N) is 1. The van der Waals surface area contributed by atoms with Crippen LogP contribution in [0.25, 0.3) is 0 Å². The molecule has 0 aromatic rings. The molecule has 1 amide bonds. The molecule has 0 heterocycles. The molecule has 0 fully saturated rings. The van der Waals surface area contributed by atoms with Crippen molar-refractivity contribution in [2.24, 2.45) is 5.73 Å². The highest BCUT2D eigenvalue weighted by atomic mass is 19.4. The van der Waals surface area contributed by atoms with Gasteiger partial charge in [-0.1, -0.05) is 0 Å². The number of carbonyl (C=O) groups is 1. The summed E-state index contributed by atoms with van der Waals surface area (Å²) in [6, 6.07) is -1.04. The minimum Gasteiger partial charge on any atom is -0.395 e. The maximum absolute atomic E-state index is 12.0. The second-order valence-electron chi connectivity index (χ2n) is 2.89. The molecule has 3 N–H and O–H groups in total. The molecule has 4 nitrogen and oxygen atoms in total. The summed E-state index contributed by atoms with van der Waals surface area (Å²) < 4.78 is 35.9. The summed E-state index contributed by atoms with van der Waals surface area (Å²) in [5.41, 5.74) is 4.86. The van der Waals surface area contributed by atoms with Crippen LogP contribution < -0.4 is 5.73 Å². The number of amides is 1. The Morgan fingerprint density at radius 2 is 2.07 bits per heavy atom. The van der Waals surface area contributed by atoms with Crippen molar-refractivity contribution in [1.29, 1.82) is 0 Å². The molecule has 0 bridgehead atoms. The van der Waals surface area contributed by atoms with E-state index in [9.17, 15) is 18.0 Å². The van der Waals surface area contributed by atoms with Gasteiger partial charge in [-0.05, 0) is 6.92 Å². The van der Waals surface area contributed by atoms with E-state index < -0.39 is 31.3 Å². The Hall–Kier alpha value is -0.820. The highest BCUT2D eigenvalue weighted by molar-refractivity contribution is 5.79. The third-order valence-electron chi connectivity index (χ3n) is 1.73. The van der Waals surface area contributed by atoms with Crippen LogP contribution in [0.2, 0.25) is 0 Å². The summed E-state index contributed by atoms with van der Waals surface area (Å²) in [4.78, 5) is 11.4. The second-order valence-corrected chi connectivity index (χ2v) is 2.89. The number of halogens is 3. The number of hydrogen-bond acceptors (Lipinski definition) is 3. The van der Waals surface area contributed by atoms with Gasteiger partial charge in [0.1, 0.15) is 0 Å². The molecule has 1 atom stereocenters. The third kappa shape index (κ3) is 5.03. The van der Waals surface area contributed by atoms with Crippen LogP contribution in [0.5, 0.6) is 0 Å². The van der Waals surface area contributed by atoms with Crippen LogP contribution in [0, 0.1) is 0 Å². The third-order valence-corrected chi connectivity index (χ3v) is 1.73. The average Bonchev–Trinajstić information content (AvgIpc) is 1.99. The van der Waals surface area contributed by atoms with Gasteiger partial charge in [0.25, 0.3) is 0 Å². The number of aliphatic hydroxyl groups is 1. The standard InChI is InChI=1S/C7H13F3N2O2/c1-5(6(11)14)12(2-3-13)4-7(8,9)10/h5,13H,2-4H2,1H3,(H2,11,14). The van der Waals surface area contributed by atoms with Crippen molar-refractivity contribution >= 4 is 5.91 Å². The molecule has 14 heavy (non-hydrogen) atoms. The Bertz CT molecular complexity index is 196. The van der Waals surface area contributed by atoms with Crippen molar-refractivity contribution in [3.63, 3.8) is 0 Å². The first-order chi connectivity index (χ1) is 6.28. The lowest BCUT2D eigenvalue weighted by Crippen LogP contribution is -2.48. The van der Waals surface area contributed by atoms with Crippen LogP contribution in [-0.4, -0.2) is 47.8 Å². The Kier molecular flexibility index (Phi) is 4.86. The van der Waals surface area contributed by atoms with Gasteiger partial charge < -0.3 is 10.8 Å². The zero-order chi connectivity index (χ0) is 11.4. The van der Waals surface area contributed by atoms with E-state index in [2.05, 4.69) is 0 Å². The summed E-state index contributed by atoms with van der Waals surface area (Å²) >= 11 is 0. The first kappa shape index (κ1) is 13.2. The zero-order valence-electron chi connectivity index (χ0n) is 7.71. The Morgan fingerprint density at radius 3 is 2.36 bits per heavy atom. The van der Waals surface area contributed by atoms with Crippen molar-refractivity contribution in [2.45, 2.75) is 19.1 Å². The van der Waals surface area contributed by atoms with Gasteiger partial charge in [-0.25, -0.2) is 0 Å². The largest absolute Gasteiger partial charge is 0.401 e. The fourth-order valence-electron chi connectivity index (χ4n) is 0.948. The van der Waals surface area contributed by atoms with Gasteiger partial charge in [0, 0.05) is 6.54 Å². The fraction of sp³-hybridized carbons (Fsp3) is 0.857. The lowest BCUT2D eigenvalue weighted by molar-refractivity contribution is -0.154. The number of alkyl halides is 3. The molecule has 0 aromatic carbocycles. The SMILES string of the molecule is CC(C(N)=O)N(CCO)CC(F)(F)F. The number of primary amides is 1. The zero-order valence-corrected chi connectivity index (χ0v) is 7.71. The molecule has 1 unspecified atom stereocenters. The van der Waals surface area contributed by atoms with Crippen molar-refractivity contribution in [3.8, 4) is 0 Å². The maximum atomic E-state index is 12.0. The van der Waals surface area contributed by atoms with Crippen molar-refractivity contribution < 1.29 is 23.1 Å². The van der Waals surface area contributed by atoms with E-state index >= 15 is 0 Å². The van der Waals surface area contributed by atoms with E-state index in [0.717, 1.165) is 4.90 Å². The molecule has 0 saturated heterocycles. The minimum absolute atomic E-state index is 0.233. The van der Waals surface area contributed by atoms with Crippen molar-refractivity contribution in [2.75, 3.05) is 19.7 Å². The molecular weight excluding hydrogens is 201 g/mol. The molecule has 0 aliphatic carbocycles. The minimum atomic E-state index is -4.40. The Balaban J connectivity index is 4.36.